The number of fused-ring (bicyclic) bond motifs is 2. The van der Waals surface area contributed by atoms with Crippen LogP contribution in [0, 0.1) is 19.7 Å². The van der Waals surface area contributed by atoms with Gasteiger partial charge in [0.1, 0.15) is 17.3 Å². The van der Waals surface area contributed by atoms with E-state index in [0.717, 1.165) is 39.5 Å². The van der Waals surface area contributed by atoms with Crippen LogP contribution in [0.1, 0.15) is 34.2 Å². The van der Waals surface area contributed by atoms with Crippen LogP contribution in [-0.4, -0.2) is 9.97 Å². The molecular formula is C29H23FN2O. The smallest absolute Gasteiger partial charge is 0.134 e. The SMILES string of the molecule is Cc1[nH]c2ccccc2c1C(c1ccc(-c2ccc(F)cc2)o1)c1c(C)[nH]c2ccccc12. The van der Waals surface area contributed by atoms with Crippen molar-refractivity contribution in [3.05, 3.63) is 119 Å². The van der Waals surface area contributed by atoms with Crippen molar-refractivity contribution in [2.24, 2.45) is 0 Å². The highest BCUT2D eigenvalue weighted by Crippen LogP contribution is 2.43. The Morgan fingerprint density at radius 3 is 1.79 bits per heavy atom. The summed E-state index contributed by atoms with van der Waals surface area (Å²) >= 11 is 0. The Morgan fingerprint density at radius 2 is 1.21 bits per heavy atom. The van der Waals surface area contributed by atoms with Crippen molar-refractivity contribution in [3.63, 3.8) is 0 Å². The molecule has 0 aliphatic rings. The Labute approximate surface area is 190 Å². The zero-order chi connectivity index (χ0) is 22.5. The number of hydrogen-bond acceptors (Lipinski definition) is 1. The lowest BCUT2D eigenvalue weighted by atomic mass is 9.85. The number of H-pyrrole nitrogens is 2. The van der Waals surface area contributed by atoms with Crippen LogP contribution in [0.25, 0.3) is 33.1 Å². The Balaban J connectivity index is 1.61. The quantitative estimate of drug-likeness (QED) is 0.292. The molecule has 6 aromatic rings. The number of halogens is 1. The fourth-order valence-electron chi connectivity index (χ4n) is 5.05. The molecule has 4 heteroatoms. The first-order chi connectivity index (χ1) is 16.1. The number of aryl methyl sites for hydroxylation is 2. The molecule has 0 fully saturated rings. The summed E-state index contributed by atoms with van der Waals surface area (Å²) < 4.78 is 19.9. The standard InChI is InChI=1S/C29H23FN2O/c1-17-27(21-7-3-5-9-23(21)31-17)29(28-18(2)32-24-10-6-4-8-22(24)28)26-16-15-25(33-26)19-11-13-20(30)14-12-19/h3-16,29,31-32H,1-2H3. The minimum Gasteiger partial charge on any atom is -0.460 e. The summed E-state index contributed by atoms with van der Waals surface area (Å²) in [7, 11) is 0. The number of aromatic amines is 2. The highest BCUT2D eigenvalue weighted by Gasteiger charge is 2.29. The van der Waals surface area contributed by atoms with Gasteiger partial charge in [0.2, 0.25) is 0 Å². The normalized spacial score (nSPS) is 11.8. The van der Waals surface area contributed by atoms with Crippen molar-refractivity contribution in [1.29, 1.82) is 0 Å². The highest BCUT2D eigenvalue weighted by molar-refractivity contribution is 5.90. The number of furan rings is 1. The largest absolute Gasteiger partial charge is 0.460 e. The predicted molar refractivity (Wildman–Crippen MR) is 131 cm³/mol. The maximum absolute atomic E-state index is 13.5. The summed E-state index contributed by atoms with van der Waals surface area (Å²) in [5.41, 5.74) is 7.72. The van der Waals surface area contributed by atoms with Gasteiger partial charge in [-0.2, -0.15) is 0 Å². The first kappa shape index (κ1) is 19.6. The van der Waals surface area contributed by atoms with E-state index in [1.54, 1.807) is 12.1 Å². The molecule has 162 valence electrons. The molecule has 0 amide bonds. The summed E-state index contributed by atoms with van der Waals surface area (Å²) in [6, 6.07) is 27.2. The minimum absolute atomic E-state index is 0.105. The van der Waals surface area contributed by atoms with Crippen LogP contribution in [-0.2, 0) is 0 Å². The van der Waals surface area contributed by atoms with Crippen molar-refractivity contribution in [2.45, 2.75) is 19.8 Å². The summed E-state index contributed by atoms with van der Waals surface area (Å²) in [4.78, 5) is 7.12. The van der Waals surface area contributed by atoms with Gasteiger partial charge in [-0.05, 0) is 73.5 Å². The topological polar surface area (TPSA) is 44.7 Å². The van der Waals surface area contributed by atoms with Crippen LogP contribution < -0.4 is 0 Å². The molecule has 0 saturated heterocycles. The van der Waals surface area contributed by atoms with E-state index in [1.165, 1.54) is 34.0 Å². The van der Waals surface area contributed by atoms with Gasteiger partial charge in [-0.15, -0.1) is 0 Å². The van der Waals surface area contributed by atoms with E-state index >= 15 is 0 Å². The molecule has 0 aliphatic carbocycles. The summed E-state index contributed by atoms with van der Waals surface area (Å²) in [6.45, 7) is 4.24. The fourth-order valence-corrected chi connectivity index (χ4v) is 5.05. The van der Waals surface area contributed by atoms with Crippen molar-refractivity contribution in [2.75, 3.05) is 0 Å². The molecule has 0 unspecified atom stereocenters. The monoisotopic (exact) mass is 434 g/mol. The molecule has 6 rings (SSSR count). The van der Waals surface area contributed by atoms with Gasteiger partial charge in [0, 0.05) is 38.8 Å². The average molecular weight is 435 g/mol. The van der Waals surface area contributed by atoms with Gasteiger partial charge in [-0.1, -0.05) is 36.4 Å². The summed E-state index contributed by atoms with van der Waals surface area (Å²) in [6.07, 6.45) is 0. The fraction of sp³-hybridized carbons (Fsp3) is 0.103. The molecule has 0 radical (unpaired) electrons. The van der Waals surface area contributed by atoms with E-state index in [4.69, 9.17) is 4.42 Å². The van der Waals surface area contributed by atoms with Crippen LogP contribution in [0.4, 0.5) is 4.39 Å². The molecule has 3 aromatic heterocycles. The van der Waals surface area contributed by atoms with E-state index < -0.39 is 0 Å². The first-order valence-electron chi connectivity index (χ1n) is 11.1. The molecule has 33 heavy (non-hydrogen) atoms. The molecule has 0 bridgehead atoms. The maximum atomic E-state index is 13.5. The molecule has 0 aliphatic heterocycles. The zero-order valence-corrected chi connectivity index (χ0v) is 18.4. The highest BCUT2D eigenvalue weighted by atomic mass is 19.1. The Morgan fingerprint density at radius 1 is 0.667 bits per heavy atom. The number of benzene rings is 3. The van der Waals surface area contributed by atoms with E-state index in [1.807, 2.05) is 24.3 Å². The molecule has 0 atom stereocenters. The molecular weight excluding hydrogens is 411 g/mol. The molecule has 3 heterocycles. The Hall–Kier alpha value is -4.05. The predicted octanol–water partition coefficient (Wildman–Crippen LogP) is 7.85. The lowest BCUT2D eigenvalue weighted by molar-refractivity contribution is 0.516. The maximum Gasteiger partial charge on any atom is 0.134 e. The van der Waals surface area contributed by atoms with Gasteiger partial charge < -0.3 is 14.4 Å². The number of hydrogen-bond donors (Lipinski definition) is 2. The lowest BCUT2D eigenvalue weighted by Gasteiger charge is -2.17. The number of para-hydroxylation sites is 2. The van der Waals surface area contributed by atoms with Gasteiger partial charge in [-0.25, -0.2) is 4.39 Å². The second-order valence-corrected chi connectivity index (χ2v) is 8.56. The average Bonchev–Trinajstić information content (AvgIpc) is 3.51. The third-order valence-corrected chi connectivity index (χ3v) is 6.50. The van der Waals surface area contributed by atoms with Crippen molar-refractivity contribution in [1.82, 2.24) is 9.97 Å². The minimum atomic E-state index is -0.257. The number of nitrogens with one attached hydrogen (secondary N) is 2. The van der Waals surface area contributed by atoms with Gasteiger partial charge >= 0.3 is 0 Å². The van der Waals surface area contributed by atoms with Gasteiger partial charge in [0.05, 0.1) is 5.92 Å². The third kappa shape index (κ3) is 3.18. The van der Waals surface area contributed by atoms with E-state index in [0.29, 0.717) is 0 Å². The van der Waals surface area contributed by atoms with Crippen LogP contribution in [0.15, 0.2) is 89.3 Å². The molecule has 3 aromatic carbocycles. The molecule has 0 saturated carbocycles. The van der Waals surface area contributed by atoms with E-state index in [2.05, 4.69) is 60.2 Å². The Kier molecular flexibility index (Phi) is 4.47. The summed E-state index contributed by atoms with van der Waals surface area (Å²) in [5.74, 6) is 1.22. The lowest BCUT2D eigenvalue weighted by Crippen LogP contribution is -2.05. The van der Waals surface area contributed by atoms with Gasteiger partial charge in [0.25, 0.3) is 0 Å². The second kappa shape index (κ2) is 7.52. The number of aromatic nitrogens is 2. The Bertz CT molecular complexity index is 1520. The van der Waals surface area contributed by atoms with Crippen LogP contribution in [0.3, 0.4) is 0 Å². The molecule has 3 nitrogen and oxygen atoms in total. The van der Waals surface area contributed by atoms with Crippen molar-refractivity contribution in [3.8, 4) is 11.3 Å². The van der Waals surface area contributed by atoms with Crippen LogP contribution in [0.2, 0.25) is 0 Å². The third-order valence-electron chi connectivity index (χ3n) is 6.50. The van der Waals surface area contributed by atoms with Gasteiger partial charge in [-0.3, -0.25) is 0 Å². The molecule has 2 N–H and O–H groups in total. The first-order valence-corrected chi connectivity index (χ1v) is 11.1. The molecule has 0 spiro atoms. The van der Waals surface area contributed by atoms with Crippen molar-refractivity contribution < 1.29 is 8.81 Å². The van der Waals surface area contributed by atoms with Crippen molar-refractivity contribution >= 4 is 21.8 Å². The van der Waals surface area contributed by atoms with E-state index in [-0.39, 0.29) is 11.7 Å². The van der Waals surface area contributed by atoms with E-state index in [9.17, 15) is 4.39 Å². The number of rotatable bonds is 4. The zero-order valence-electron chi connectivity index (χ0n) is 18.4. The van der Waals surface area contributed by atoms with Crippen LogP contribution >= 0.6 is 0 Å². The van der Waals surface area contributed by atoms with Gasteiger partial charge in [0.15, 0.2) is 0 Å². The summed E-state index contributed by atoms with van der Waals surface area (Å²) in [5, 5.41) is 2.37. The van der Waals surface area contributed by atoms with Crippen LogP contribution in [0.5, 0.6) is 0 Å². The second-order valence-electron chi connectivity index (χ2n) is 8.56.